The van der Waals surface area contributed by atoms with Crippen LogP contribution in [0.5, 0.6) is 0 Å². The van der Waals surface area contributed by atoms with E-state index in [1.165, 1.54) is 11.8 Å². The van der Waals surface area contributed by atoms with Crippen molar-refractivity contribution in [3.05, 3.63) is 46.0 Å². The fraction of sp³-hybridized carbons (Fsp3) is 0.167. The number of benzene rings is 1. The third-order valence-corrected chi connectivity index (χ3v) is 3.98. The van der Waals surface area contributed by atoms with Gasteiger partial charge in [-0.1, -0.05) is 29.3 Å². The Bertz CT molecular complexity index is 535. The van der Waals surface area contributed by atoms with Crippen LogP contribution in [0.4, 0.5) is 5.69 Å². The minimum absolute atomic E-state index is 0.449. The molecule has 0 bridgehead atoms. The van der Waals surface area contributed by atoms with E-state index in [1.54, 1.807) is 6.07 Å². The summed E-state index contributed by atoms with van der Waals surface area (Å²) in [4.78, 5) is 9.31. The fourth-order valence-electron chi connectivity index (χ4n) is 1.47. The molecule has 0 saturated heterocycles. The highest BCUT2D eigenvalue weighted by molar-refractivity contribution is 7.98. The van der Waals surface area contributed by atoms with Crippen LogP contribution >= 0.6 is 35.0 Å². The van der Waals surface area contributed by atoms with Crippen LogP contribution in [-0.2, 0) is 5.75 Å². The number of halogens is 2. The van der Waals surface area contributed by atoms with Gasteiger partial charge in [0.05, 0.1) is 10.8 Å². The zero-order chi connectivity index (χ0) is 13.1. The molecular formula is C12H11Cl2N3S. The SMILES string of the molecule is Cc1cc(Cl)nc(CSc2c(N)cccc2Cl)n1. The van der Waals surface area contributed by atoms with Crippen LogP contribution in [0.15, 0.2) is 29.2 Å². The first kappa shape index (κ1) is 13.5. The van der Waals surface area contributed by atoms with Crippen LogP contribution in [0.2, 0.25) is 10.2 Å². The third-order valence-electron chi connectivity index (χ3n) is 2.21. The lowest BCUT2D eigenvalue weighted by Crippen LogP contribution is -1.96. The molecule has 2 N–H and O–H groups in total. The predicted molar refractivity (Wildman–Crippen MR) is 77.2 cm³/mol. The van der Waals surface area contributed by atoms with Crippen molar-refractivity contribution in [2.45, 2.75) is 17.6 Å². The molecule has 1 aromatic carbocycles. The van der Waals surface area contributed by atoms with Crippen molar-refractivity contribution in [2.75, 3.05) is 5.73 Å². The Labute approximate surface area is 120 Å². The van der Waals surface area contributed by atoms with E-state index in [9.17, 15) is 0 Å². The second kappa shape index (κ2) is 5.78. The second-order valence-electron chi connectivity index (χ2n) is 3.70. The van der Waals surface area contributed by atoms with Crippen molar-refractivity contribution in [2.24, 2.45) is 0 Å². The largest absolute Gasteiger partial charge is 0.398 e. The van der Waals surface area contributed by atoms with E-state index < -0.39 is 0 Å². The van der Waals surface area contributed by atoms with Gasteiger partial charge in [0, 0.05) is 16.3 Å². The molecule has 94 valence electrons. The summed E-state index contributed by atoms with van der Waals surface area (Å²) in [6, 6.07) is 7.17. The van der Waals surface area contributed by atoms with Gasteiger partial charge in [0.15, 0.2) is 0 Å². The summed E-state index contributed by atoms with van der Waals surface area (Å²) in [7, 11) is 0. The van der Waals surface area contributed by atoms with E-state index >= 15 is 0 Å². The van der Waals surface area contributed by atoms with Gasteiger partial charge in [-0.3, -0.25) is 0 Å². The number of hydrogen-bond donors (Lipinski definition) is 1. The molecule has 0 radical (unpaired) electrons. The van der Waals surface area contributed by atoms with Gasteiger partial charge in [0.1, 0.15) is 11.0 Å². The first-order valence-corrected chi connectivity index (χ1v) is 6.97. The van der Waals surface area contributed by atoms with Crippen LogP contribution in [-0.4, -0.2) is 9.97 Å². The van der Waals surface area contributed by atoms with E-state index in [0.717, 1.165) is 10.6 Å². The Morgan fingerprint density at radius 3 is 2.72 bits per heavy atom. The summed E-state index contributed by atoms with van der Waals surface area (Å²) in [5.74, 6) is 1.25. The first-order chi connectivity index (χ1) is 8.56. The highest BCUT2D eigenvalue weighted by Gasteiger charge is 2.07. The van der Waals surface area contributed by atoms with E-state index in [1.807, 2.05) is 25.1 Å². The Kier molecular flexibility index (Phi) is 4.32. The maximum Gasteiger partial charge on any atom is 0.140 e. The van der Waals surface area contributed by atoms with Crippen molar-refractivity contribution in [1.82, 2.24) is 9.97 Å². The molecular weight excluding hydrogens is 289 g/mol. The van der Waals surface area contributed by atoms with Crippen molar-refractivity contribution in [3.63, 3.8) is 0 Å². The van der Waals surface area contributed by atoms with Gasteiger partial charge in [-0.25, -0.2) is 9.97 Å². The number of thioether (sulfide) groups is 1. The van der Waals surface area contributed by atoms with E-state index in [4.69, 9.17) is 28.9 Å². The fourth-order valence-corrected chi connectivity index (χ4v) is 2.91. The molecule has 1 aromatic heterocycles. The Hall–Kier alpha value is -0.970. The number of anilines is 1. The number of nitrogens with zero attached hydrogens (tertiary/aromatic N) is 2. The molecule has 2 rings (SSSR count). The van der Waals surface area contributed by atoms with Gasteiger partial charge in [-0.15, -0.1) is 11.8 Å². The van der Waals surface area contributed by atoms with Gasteiger partial charge in [0.2, 0.25) is 0 Å². The number of nitrogens with two attached hydrogens (primary N) is 1. The molecule has 0 aliphatic carbocycles. The normalized spacial score (nSPS) is 10.6. The zero-order valence-electron chi connectivity index (χ0n) is 9.65. The van der Waals surface area contributed by atoms with E-state index in [-0.39, 0.29) is 0 Å². The number of hydrogen-bond acceptors (Lipinski definition) is 4. The van der Waals surface area contributed by atoms with Crippen molar-refractivity contribution in [1.29, 1.82) is 0 Å². The third kappa shape index (κ3) is 3.28. The lowest BCUT2D eigenvalue weighted by molar-refractivity contribution is 0.996. The molecule has 0 atom stereocenters. The van der Waals surface area contributed by atoms with Crippen molar-refractivity contribution >= 4 is 40.7 Å². The van der Waals surface area contributed by atoms with Crippen LogP contribution in [0.25, 0.3) is 0 Å². The van der Waals surface area contributed by atoms with Gasteiger partial charge < -0.3 is 5.73 Å². The molecule has 0 saturated carbocycles. The lowest BCUT2D eigenvalue weighted by Gasteiger charge is -2.07. The molecule has 0 unspecified atom stereocenters. The Morgan fingerprint density at radius 1 is 1.28 bits per heavy atom. The first-order valence-electron chi connectivity index (χ1n) is 5.23. The number of rotatable bonds is 3. The van der Waals surface area contributed by atoms with Crippen LogP contribution < -0.4 is 5.73 Å². The van der Waals surface area contributed by atoms with Gasteiger partial charge in [0.25, 0.3) is 0 Å². The topological polar surface area (TPSA) is 51.8 Å². The van der Waals surface area contributed by atoms with Gasteiger partial charge >= 0.3 is 0 Å². The van der Waals surface area contributed by atoms with E-state index in [2.05, 4.69) is 9.97 Å². The number of aryl methyl sites for hydroxylation is 1. The smallest absolute Gasteiger partial charge is 0.140 e. The maximum absolute atomic E-state index is 6.09. The standard InChI is InChI=1S/C12H11Cl2N3S/c1-7-5-10(14)17-11(16-7)6-18-12-8(13)3-2-4-9(12)15/h2-5H,6,15H2,1H3. The van der Waals surface area contributed by atoms with Gasteiger partial charge in [-0.05, 0) is 25.1 Å². The van der Waals surface area contributed by atoms with Crippen LogP contribution in [0, 0.1) is 6.92 Å². The van der Waals surface area contributed by atoms with Crippen LogP contribution in [0.3, 0.4) is 0 Å². The summed E-state index contributed by atoms with van der Waals surface area (Å²) in [5.41, 5.74) is 7.38. The number of aromatic nitrogens is 2. The minimum atomic E-state index is 0.449. The Balaban J connectivity index is 2.16. The average molecular weight is 300 g/mol. The van der Waals surface area contributed by atoms with Crippen LogP contribution in [0.1, 0.15) is 11.5 Å². The highest BCUT2D eigenvalue weighted by atomic mass is 35.5. The summed E-state index contributed by atoms with van der Waals surface area (Å²) in [6.07, 6.45) is 0. The average Bonchev–Trinajstić information content (AvgIpc) is 2.27. The molecule has 6 heteroatoms. The van der Waals surface area contributed by atoms with E-state index in [0.29, 0.717) is 27.4 Å². The molecule has 0 spiro atoms. The Morgan fingerprint density at radius 2 is 2.06 bits per heavy atom. The molecule has 0 aliphatic rings. The maximum atomic E-state index is 6.09. The van der Waals surface area contributed by atoms with Gasteiger partial charge in [-0.2, -0.15) is 0 Å². The molecule has 0 fully saturated rings. The molecule has 1 heterocycles. The summed E-state index contributed by atoms with van der Waals surface area (Å²) in [6.45, 7) is 1.88. The predicted octanol–water partition coefficient (Wildman–Crippen LogP) is 3.97. The molecule has 2 aromatic rings. The summed E-state index contributed by atoms with van der Waals surface area (Å²) >= 11 is 13.5. The quantitative estimate of drug-likeness (QED) is 0.529. The minimum Gasteiger partial charge on any atom is -0.398 e. The molecule has 18 heavy (non-hydrogen) atoms. The van der Waals surface area contributed by atoms with Crippen molar-refractivity contribution in [3.8, 4) is 0 Å². The molecule has 0 amide bonds. The van der Waals surface area contributed by atoms with Crippen molar-refractivity contribution < 1.29 is 0 Å². The summed E-state index contributed by atoms with van der Waals surface area (Å²) < 4.78 is 0. The molecule has 0 aliphatic heterocycles. The number of nitrogen functional groups attached to an aromatic ring is 1. The molecule has 3 nitrogen and oxygen atoms in total. The second-order valence-corrected chi connectivity index (χ2v) is 5.48. The highest BCUT2D eigenvalue weighted by Crippen LogP contribution is 2.34. The lowest BCUT2D eigenvalue weighted by atomic mass is 10.3. The zero-order valence-corrected chi connectivity index (χ0v) is 12.0. The summed E-state index contributed by atoms with van der Waals surface area (Å²) in [5, 5.41) is 1.09. The monoisotopic (exact) mass is 299 g/mol.